The van der Waals surface area contributed by atoms with Crippen LogP contribution in [0.4, 0.5) is 0 Å². The molecule has 2 aromatic heterocycles. The summed E-state index contributed by atoms with van der Waals surface area (Å²) in [4.78, 5) is 38.8. The SMILES string of the molecule is Cn1nccc1C(=O)N1CCC2(CCCCc3ccccc3OCCN(C(=O)c3cnccn3)C2)CC1. The fourth-order valence-electron chi connectivity index (χ4n) is 5.58. The number of hydrogen-bond donors (Lipinski definition) is 0. The van der Waals surface area contributed by atoms with Crippen molar-refractivity contribution in [1.82, 2.24) is 29.5 Å². The summed E-state index contributed by atoms with van der Waals surface area (Å²) in [6, 6.07) is 9.94. The first kappa shape index (κ1) is 24.9. The fourth-order valence-corrected chi connectivity index (χ4v) is 5.58. The van der Waals surface area contributed by atoms with Gasteiger partial charge >= 0.3 is 0 Å². The van der Waals surface area contributed by atoms with Crippen LogP contribution in [0.25, 0.3) is 0 Å². The van der Waals surface area contributed by atoms with E-state index in [9.17, 15) is 9.59 Å². The number of carbonyl (C=O) groups is 2. The van der Waals surface area contributed by atoms with Crippen molar-refractivity contribution in [3.63, 3.8) is 0 Å². The maximum atomic E-state index is 13.5. The zero-order chi connectivity index (χ0) is 25.7. The fraction of sp³-hybridized carbons (Fsp3) is 0.464. The minimum Gasteiger partial charge on any atom is -0.491 e. The lowest BCUT2D eigenvalue weighted by molar-refractivity contribution is 0.0321. The van der Waals surface area contributed by atoms with Gasteiger partial charge in [0.05, 0.1) is 12.7 Å². The Bertz CT molecular complexity index is 1220. The van der Waals surface area contributed by atoms with Crippen LogP contribution in [0.3, 0.4) is 0 Å². The topological polar surface area (TPSA) is 93.5 Å². The van der Waals surface area contributed by atoms with Gasteiger partial charge in [0, 0.05) is 45.3 Å². The molecule has 0 N–H and O–H groups in total. The van der Waals surface area contributed by atoms with Crippen molar-refractivity contribution in [3.05, 3.63) is 72.1 Å². The number of benzene rings is 1. The van der Waals surface area contributed by atoms with Crippen LogP contribution in [0.15, 0.2) is 55.1 Å². The maximum Gasteiger partial charge on any atom is 0.274 e. The molecule has 0 bridgehead atoms. The Morgan fingerprint density at radius 3 is 2.51 bits per heavy atom. The highest BCUT2D eigenvalue weighted by atomic mass is 16.5. The van der Waals surface area contributed by atoms with Gasteiger partial charge in [-0.05, 0) is 55.2 Å². The Morgan fingerprint density at radius 2 is 1.76 bits per heavy atom. The summed E-state index contributed by atoms with van der Waals surface area (Å²) in [6.45, 7) is 2.81. The average molecular weight is 503 g/mol. The Labute approximate surface area is 217 Å². The quantitative estimate of drug-likeness (QED) is 0.533. The molecule has 37 heavy (non-hydrogen) atoms. The molecule has 0 radical (unpaired) electrons. The third-order valence-corrected chi connectivity index (χ3v) is 7.74. The summed E-state index contributed by atoms with van der Waals surface area (Å²) >= 11 is 0. The average Bonchev–Trinajstić information content (AvgIpc) is 3.36. The number of para-hydroxylation sites is 1. The summed E-state index contributed by atoms with van der Waals surface area (Å²) in [5.41, 5.74) is 2.08. The molecule has 0 unspecified atom stereocenters. The molecule has 1 saturated heterocycles. The van der Waals surface area contributed by atoms with Crippen molar-refractivity contribution in [2.24, 2.45) is 12.5 Å². The molecule has 0 aliphatic carbocycles. The summed E-state index contributed by atoms with van der Waals surface area (Å²) in [5.74, 6) is 0.780. The number of amides is 2. The van der Waals surface area contributed by atoms with Crippen molar-refractivity contribution in [3.8, 4) is 5.75 Å². The van der Waals surface area contributed by atoms with E-state index in [4.69, 9.17) is 4.74 Å². The van der Waals surface area contributed by atoms with E-state index in [1.54, 1.807) is 36.4 Å². The molecule has 1 fully saturated rings. The van der Waals surface area contributed by atoms with Gasteiger partial charge in [0.2, 0.25) is 0 Å². The number of hydrogen-bond acceptors (Lipinski definition) is 6. The van der Waals surface area contributed by atoms with E-state index < -0.39 is 0 Å². The molecule has 2 aliphatic rings. The van der Waals surface area contributed by atoms with Crippen LogP contribution >= 0.6 is 0 Å². The molecule has 3 aromatic rings. The van der Waals surface area contributed by atoms with Crippen molar-refractivity contribution < 1.29 is 14.3 Å². The van der Waals surface area contributed by atoms with Crippen LogP contribution in [0.2, 0.25) is 0 Å². The van der Waals surface area contributed by atoms with Gasteiger partial charge < -0.3 is 14.5 Å². The molecule has 1 spiro atoms. The molecule has 9 nitrogen and oxygen atoms in total. The molecule has 0 atom stereocenters. The molecule has 5 rings (SSSR count). The minimum absolute atomic E-state index is 0.0144. The number of aromatic nitrogens is 4. The van der Waals surface area contributed by atoms with E-state index >= 15 is 0 Å². The van der Waals surface area contributed by atoms with E-state index in [0.29, 0.717) is 44.2 Å². The molecular weight excluding hydrogens is 468 g/mol. The highest BCUT2D eigenvalue weighted by Crippen LogP contribution is 2.39. The molecule has 194 valence electrons. The van der Waals surface area contributed by atoms with Crippen LogP contribution in [-0.4, -0.2) is 74.1 Å². The van der Waals surface area contributed by atoms with Gasteiger partial charge in [0.25, 0.3) is 11.8 Å². The third-order valence-electron chi connectivity index (χ3n) is 7.74. The van der Waals surface area contributed by atoms with Crippen molar-refractivity contribution in [1.29, 1.82) is 0 Å². The number of nitrogens with zero attached hydrogens (tertiary/aromatic N) is 6. The predicted molar refractivity (Wildman–Crippen MR) is 138 cm³/mol. The second kappa shape index (κ2) is 11.1. The van der Waals surface area contributed by atoms with Gasteiger partial charge in [-0.15, -0.1) is 0 Å². The van der Waals surface area contributed by atoms with Gasteiger partial charge in [0.1, 0.15) is 23.7 Å². The van der Waals surface area contributed by atoms with E-state index in [0.717, 1.165) is 44.3 Å². The summed E-state index contributed by atoms with van der Waals surface area (Å²) in [7, 11) is 1.79. The zero-order valence-corrected chi connectivity index (χ0v) is 21.4. The van der Waals surface area contributed by atoms with Gasteiger partial charge in [-0.25, -0.2) is 4.98 Å². The number of rotatable bonds is 2. The van der Waals surface area contributed by atoms with E-state index in [1.165, 1.54) is 11.8 Å². The monoisotopic (exact) mass is 502 g/mol. The first-order valence-electron chi connectivity index (χ1n) is 13.1. The summed E-state index contributed by atoms with van der Waals surface area (Å²) < 4.78 is 7.79. The number of piperidine rings is 1. The van der Waals surface area contributed by atoms with E-state index in [-0.39, 0.29) is 17.2 Å². The predicted octanol–water partition coefficient (Wildman–Crippen LogP) is 3.38. The lowest BCUT2D eigenvalue weighted by Gasteiger charge is -2.44. The smallest absolute Gasteiger partial charge is 0.274 e. The zero-order valence-electron chi connectivity index (χ0n) is 21.4. The molecule has 2 amide bonds. The Balaban J connectivity index is 1.37. The number of ether oxygens (including phenoxy) is 1. The number of carbonyl (C=O) groups excluding carboxylic acids is 2. The van der Waals surface area contributed by atoms with E-state index in [2.05, 4.69) is 27.2 Å². The van der Waals surface area contributed by atoms with E-state index in [1.807, 2.05) is 21.9 Å². The largest absolute Gasteiger partial charge is 0.491 e. The highest BCUT2D eigenvalue weighted by Gasteiger charge is 2.39. The number of fused-ring (bicyclic) bond motifs is 1. The van der Waals surface area contributed by atoms with Crippen LogP contribution < -0.4 is 4.74 Å². The second-order valence-corrected chi connectivity index (χ2v) is 10.1. The Kier molecular flexibility index (Phi) is 7.48. The molecule has 2 aliphatic heterocycles. The minimum atomic E-state index is -0.130. The number of likely N-dealkylation sites (tertiary alicyclic amines) is 1. The van der Waals surface area contributed by atoms with Gasteiger partial charge in [0.15, 0.2) is 0 Å². The lowest BCUT2D eigenvalue weighted by atomic mass is 9.73. The van der Waals surface area contributed by atoms with Crippen LogP contribution in [0, 0.1) is 5.41 Å². The lowest BCUT2D eigenvalue weighted by Crippen LogP contribution is -2.50. The van der Waals surface area contributed by atoms with Crippen molar-refractivity contribution in [2.75, 3.05) is 32.8 Å². The van der Waals surface area contributed by atoms with Crippen LogP contribution in [-0.2, 0) is 13.5 Å². The third kappa shape index (κ3) is 5.65. The first-order valence-corrected chi connectivity index (χ1v) is 13.1. The Hall–Kier alpha value is -3.75. The molecule has 1 aromatic carbocycles. The first-order chi connectivity index (χ1) is 18.0. The van der Waals surface area contributed by atoms with Gasteiger partial charge in [-0.3, -0.25) is 19.3 Å². The molecular formula is C28H34N6O3. The van der Waals surface area contributed by atoms with Crippen molar-refractivity contribution in [2.45, 2.75) is 38.5 Å². The van der Waals surface area contributed by atoms with Crippen LogP contribution in [0.1, 0.15) is 58.6 Å². The normalized spacial score (nSPS) is 18.3. The van der Waals surface area contributed by atoms with Gasteiger partial charge in [-0.1, -0.05) is 24.6 Å². The standard InChI is InChI=1S/C28H34N6O3/c1-32-24(9-13-31-32)27(36)33-16-11-28(12-17-33)10-5-4-7-22-6-2-3-8-25(22)37-19-18-34(21-28)26(35)23-20-29-14-15-30-23/h2-3,6,8-9,13-15,20H,4-5,7,10-12,16-19,21H2,1H3. The number of aryl methyl sites for hydroxylation is 2. The van der Waals surface area contributed by atoms with Crippen LogP contribution in [0.5, 0.6) is 5.75 Å². The van der Waals surface area contributed by atoms with Crippen molar-refractivity contribution >= 4 is 11.8 Å². The summed E-state index contributed by atoms with van der Waals surface area (Å²) in [5, 5.41) is 4.15. The molecule has 4 heterocycles. The Morgan fingerprint density at radius 1 is 0.919 bits per heavy atom. The van der Waals surface area contributed by atoms with Gasteiger partial charge in [-0.2, -0.15) is 5.10 Å². The summed E-state index contributed by atoms with van der Waals surface area (Å²) in [6.07, 6.45) is 12.1. The second-order valence-electron chi connectivity index (χ2n) is 10.1. The maximum absolute atomic E-state index is 13.5. The molecule has 0 saturated carbocycles. The highest BCUT2D eigenvalue weighted by molar-refractivity contribution is 5.93. The molecule has 9 heteroatoms.